The van der Waals surface area contributed by atoms with E-state index < -0.39 is 47.3 Å². The van der Waals surface area contributed by atoms with Gasteiger partial charge >= 0.3 is 23.9 Å². The fourth-order valence-corrected chi connectivity index (χ4v) is 3.14. The third-order valence-electron chi connectivity index (χ3n) is 4.95. The number of likely N-dealkylation sites (N-methyl/N-ethyl adjacent to an activating group) is 1. The minimum atomic E-state index is -1.15. The van der Waals surface area contributed by atoms with E-state index in [1.54, 1.807) is 0 Å². The van der Waals surface area contributed by atoms with Gasteiger partial charge in [0.1, 0.15) is 11.6 Å². The van der Waals surface area contributed by atoms with Crippen LogP contribution in [0.3, 0.4) is 0 Å². The monoisotopic (exact) mass is 405 g/mol. The van der Waals surface area contributed by atoms with Gasteiger partial charge in [-0.05, 0) is 52.5 Å². The first-order valence-corrected chi connectivity index (χ1v) is 8.80. The number of carbonyl (C=O) groups is 4. The molecule has 2 aliphatic carbocycles. The van der Waals surface area contributed by atoms with E-state index in [0.717, 1.165) is 25.7 Å². The second-order valence-electron chi connectivity index (χ2n) is 7.72. The third kappa shape index (κ3) is 7.41. The number of aliphatic carboxylic acids is 4. The highest BCUT2D eigenvalue weighted by atomic mass is 16.4. The van der Waals surface area contributed by atoms with Gasteiger partial charge in [-0.15, -0.1) is 0 Å². The van der Waals surface area contributed by atoms with E-state index in [9.17, 15) is 19.2 Å². The Morgan fingerprint density at radius 1 is 1.18 bits per heavy atom. The first kappa shape index (κ1) is 25.8. The molecule has 0 aromatic rings. The highest BCUT2D eigenvalue weighted by Gasteiger charge is 2.55. The molecule has 2 bridgehead atoms. The Morgan fingerprint density at radius 3 is 1.82 bits per heavy atom. The Balaban J connectivity index is 0.000000403. The zero-order chi connectivity index (χ0) is 22.3. The van der Waals surface area contributed by atoms with Gasteiger partial charge in [0, 0.05) is 6.04 Å². The first-order chi connectivity index (χ1) is 12.7. The second kappa shape index (κ2) is 10.3. The number of hydrogen-bond acceptors (Lipinski definition) is 7. The summed E-state index contributed by atoms with van der Waals surface area (Å²) >= 11 is 0. The zero-order valence-corrected chi connectivity index (χ0v) is 16.3. The molecule has 28 heavy (non-hydrogen) atoms. The molecule has 4 atom stereocenters. The smallest absolute Gasteiger partial charge is 0.323 e. The number of carboxylic acids is 4. The van der Waals surface area contributed by atoms with Gasteiger partial charge < -0.3 is 37.2 Å². The lowest BCUT2D eigenvalue weighted by atomic mass is 9.80. The summed E-state index contributed by atoms with van der Waals surface area (Å²) in [4.78, 5) is 40.9. The topological polar surface area (TPSA) is 213 Å². The van der Waals surface area contributed by atoms with Crippen molar-refractivity contribution in [1.82, 2.24) is 5.32 Å². The van der Waals surface area contributed by atoms with Crippen molar-refractivity contribution < 1.29 is 39.6 Å². The lowest BCUT2D eigenvalue weighted by Gasteiger charge is -2.27. The molecule has 2 rings (SSSR count). The molecule has 2 aliphatic rings. The fourth-order valence-electron chi connectivity index (χ4n) is 3.14. The first-order valence-electron chi connectivity index (χ1n) is 8.80. The van der Waals surface area contributed by atoms with Crippen LogP contribution in [0.15, 0.2) is 0 Å². The van der Waals surface area contributed by atoms with Crippen molar-refractivity contribution in [3.05, 3.63) is 0 Å². The Kier molecular flexibility index (Phi) is 9.52. The van der Waals surface area contributed by atoms with E-state index in [-0.39, 0.29) is 6.04 Å². The minimum Gasteiger partial charge on any atom is -0.481 e. The van der Waals surface area contributed by atoms with Crippen molar-refractivity contribution in [1.29, 1.82) is 0 Å². The lowest BCUT2D eigenvalue weighted by Crippen LogP contribution is -2.43. The van der Waals surface area contributed by atoms with Gasteiger partial charge in [0.25, 0.3) is 0 Å². The van der Waals surface area contributed by atoms with Gasteiger partial charge in [-0.1, -0.05) is 0 Å². The molecule has 11 heteroatoms. The van der Waals surface area contributed by atoms with Crippen LogP contribution in [-0.4, -0.2) is 69.0 Å². The average molecular weight is 405 g/mol. The molecular weight excluding hydrogens is 374 g/mol. The summed E-state index contributed by atoms with van der Waals surface area (Å²) in [6.45, 7) is 2.88. The molecule has 0 aromatic heterocycles. The maximum absolute atomic E-state index is 10.9. The van der Waals surface area contributed by atoms with Crippen molar-refractivity contribution in [3.8, 4) is 0 Å². The molecule has 0 heterocycles. The summed E-state index contributed by atoms with van der Waals surface area (Å²) in [5.41, 5.74) is 9.23. The van der Waals surface area contributed by atoms with Crippen molar-refractivity contribution in [3.63, 3.8) is 0 Å². The van der Waals surface area contributed by atoms with E-state index in [1.165, 1.54) is 20.9 Å². The van der Waals surface area contributed by atoms with Crippen LogP contribution in [0.25, 0.3) is 0 Å². The van der Waals surface area contributed by atoms with Crippen LogP contribution >= 0.6 is 0 Å². The number of carboxylic acid groups (broad SMARTS) is 4. The van der Waals surface area contributed by atoms with Gasteiger partial charge in [0.05, 0.1) is 11.8 Å². The van der Waals surface area contributed by atoms with E-state index in [1.807, 2.05) is 0 Å². The summed E-state index contributed by atoms with van der Waals surface area (Å²) in [5, 5.41) is 35.9. The lowest BCUT2D eigenvalue weighted by molar-refractivity contribution is -0.149. The number of rotatable bonds is 6. The molecule has 11 nitrogen and oxygen atoms in total. The van der Waals surface area contributed by atoms with Gasteiger partial charge in [0.15, 0.2) is 0 Å². The molecule has 2 fully saturated rings. The van der Waals surface area contributed by atoms with E-state index >= 15 is 0 Å². The number of hydrogen-bond donors (Lipinski definition) is 7. The number of nitrogens with two attached hydrogens (primary N) is 2. The van der Waals surface area contributed by atoms with Crippen molar-refractivity contribution in [2.24, 2.45) is 22.8 Å². The molecule has 2 saturated carbocycles. The van der Waals surface area contributed by atoms with Gasteiger partial charge in [-0.25, -0.2) is 0 Å². The predicted octanol–water partition coefficient (Wildman–Crippen LogP) is -0.469. The summed E-state index contributed by atoms with van der Waals surface area (Å²) < 4.78 is 0. The zero-order valence-electron chi connectivity index (χ0n) is 16.3. The van der Waals surface area contributed by atoms with Crippen molar-refractivity contribution in [2.45, 2.75) is 63.6 Å². The molecule has 0 radical (unpaired) electrons. The van der Waals surface area contributed by atoms with Crippen LogP contribution in [0, 0.1) is 11.3 Å². The molecule has 9 N–H and O–H groups in total. The molecule has 0 amide bonds. The predicted molar refractivity (Wildman–Crippen MR) is 98.6 cm³/mol. The molecule has 0 saturated heterocycles. The van der Waals surface area contributed by atoms with E-state index in [0.29, 0.717) is 5.92 Å². The second-order valence-corrected chi connectivity index (χ2v) is 7.72. The van der Waals surface area contributed by atoms with Crippen LogP contribution in [0.4, 0.5) is 0 Å². The standard InChI is InChI=1S/C8H13NO2.C5H9NO4.C4H9NO2/c9-6-3-5-1-2-8(6,4-5)7(10)11;1-6-3(5(9)10)2-4(7)8;1-4(2,5)3(6)7/h5-6H,1-4,9H2,(H,10,11);3,6H,2H2,1H3,(H,7,8)(H,9,10);5H2,1-2H3,(H,6,7)/t;3-;/m.0./s1. The van der Waals surface area contributed by atoms with Crippen LogP contribution < -0.4 is 16.8 Å². The Morgan fingerprint density at radius 2 is 1.68 bits per heavy atom. The molecule has 3 unspecified atom stereocenters. The molecule has 0 aliphatic heterocycles. The molecule has 0 spiro atoms. The van der Waals surface area contributed by atoms with Crippen molar-refractivity contribution >= 4 is 23.9 Å². The number of fused-ring (bicyclic) bond motifs is 2. The van der Waals surface area contributed by atoms with Crippen LogP contribution in [0.5, 0.6) is 0 Å². The quantitative estimate of drug-likeness (QED) is 0.300. The Hall–Kier alpha value is -2.24. The van der Waals surface area contributed by atoms with Crippen molar-refractivity contribution in [2.75, 3.05) is 7.05 Å². The van der Waals surface area contributed by atoms with E-state index in [2.05, 4.69) is 5.32 Å². The average Bonchev–Trinajstić information content (AvgIpc) is 3.11. The number of nitrogens with one attached hydrogen (secondary N) is 1. The summed E-state index contributed by atoms with van der Waals surface area (Å²) in [5.74, 6) is -3.33. The SMILES string of the molecule is CC(C)(N)C(=O)O.CN[C@@H](CC(=O)O)C(=O)O.NC1CC2CCC1(C(=O)O)C2. The van der Waals surface area contributed by atoms with Gasteiger partial charge in [-0.3, -0.25) is 19.2 Å². The third-order valence-corrected chi connectivity index (χ3v) is 4.95. The maximum atomic E-state index is 10.9. The molecular formula is C17H31N3O8. The molecule has 0 aromatic carbocycles. The van der Waals surface area contributed by atoms with Crippen LogP contribution in [0.1, 0.15) is 46.0 Å². The minimum absolute atomic E-state index is 0.0845. The van der Waals surface area contributed by atoms with Crippen LogP contribution in [-0.2, 0) is 19.2 Å². The normalized spacial score (nSPS) is 26.2. The van der Waals surface area contributed by atoms with Crippen LogP contribution in [0.2, 0.25) is 0 Å². The van der Waals surface area contributed by atoms with Gasteiger partial charge in [0.2, 0.25) is 0 Å². The molecule has 162 valence electrons. The Labute approximate surface area is 163 Å². The summed E-state index contributed by atoms with van der Waals surface area (Å²) in [6, 6.07) is -1.07. The van der Waals surface area contributed by atoms with E-state index in [4.69, 9.17) is 31.9 Å². The highest BCUT2D eigenvalue weighted by Crippen LogP contribution is 2.53. The Bertz CT molecular complexity index is 589. The summed E-state index contributed by atoms with van der Waals surface area (Å²) in [6.07, 6.45) is 3.22. The fraction of sp³-hybridized carbons (Fsp3) is 0.765. The largest absolute Gasteiger partial charge is 0.481 e. The summed E-state index contributed by atoms with van der Waals surface area (Å²) in [7, 11) is 1.40. The highest BCUT2D eigenvalue weighted by molar-refractivity contribution is 5.80. The van der Waals surface area contributed by atoms with Gasteiger partial charge in [-0.2, -0.15) is 0 Å². The maximum Gasteiger partial charge on any atom is 0.323 e.